The number of nitrogens with zero attached hydrogens (tertiary/aromatic N) is 2. The molecule has 0 radical (unpaired) electrons. The molecule has 0 aliphatic carbocycles. The zero-order valence-corrected chi connectivity index (χ0v) is 17.0. The SMILES string of the molecule is CCNC(=NCC(c1c(F)cccc1F)N(C)C)NCCCOC1CCOC1. The van der Waals surface area contributed by atoms with Crippen LogP contribution in [0.5, 0.6) is 0 Å². The molecule has 1 saturated heterocycles. The van der Waals surface area contributed by atoms with Crippen LogP contribution in [0.3, 0.4) is 0 Å². The largest absolute Gasteiger partial charge is 0.379 e. The molecule has 1 aromatic rings. The van der Waals surface area contributed by atoms with E-state index in [4.69, 9.17) is 9.47 Å². The summed E-state index contributed by atoms with van der Waals surface area (Å²) < 4.78 is 39.4. The van der Waals surface area contributed by atoms with Gasteiger partial charge in [-0.25, -0.2) is 8.78 Å². The number of likely N-dealkylation sites (N-methyl/N-ethyl adjacent to an activating group) is 1. The fraction of sp³-hybridized carbons (Fsp3) is 0.650. The monoisotopic (exact) mass is 398 g/mol. The first kappa shape index (κ1) is 22.5. The minimum absolute atomic E-state index is 0.0410. The second-order valence-electron chi connectivity index (χ2n) is 6.97. The molecular weight excluding hydrogens is 366 g/mol. The number of benzene rings is 1. The normalized spacial score (nSPS) is 18.5. The van der Waals surface area contributed by atoms with Crippen molar-refractivity contribution in [3.63, 3.8) is 0 Å². The summed E-state index contributed by atoms with van der Waals surface area (Å²) in [6.45, 7) is 5.70. The Morgan fingerprint density at radius 1 is 1.32 bits per heavy atom. The van der Waals surface area contributed by atoms with Gasteiger partial charge in [-0.1, -0.05) is 6.07 Å². The van der Waals surface area contributed by atoms with Crippen molar-refractivity contribution < 1.29 is 18.3 Å². The Kier molecular flexibility index (Phi) is 9.60. The summed E-state index contributed by atoms with van der Waals surface area (Å²) in [6.07, 6.45) is 1.99. The van der Waals surface area contributed by atoms with E-state index >= 15 is 0 Å². The molecule has 0 bridgehead atoms. The van der Waals surface area contributed by atoms with Gasteiger partial charge < -0.3 is 25.0 Å². The molecule has 2 rings (SSSR count). The molecule has 2 atom stereocenters. The van der Waals surface area contributed by atoms with Crippen LogP contribution in [0.2, 0.25) is 0 Å². The second kappa shape index (κ2) is 11.9. The fourth-order valence-electron chi connectivity index (χ4n) is 3.03. The first-order valence-corrected chi connectivity index (χ1v) is 9.84. The summed E-state index contributed by atoms with van der Waals surface area (Å²) >= 11 is 0. The van der Waals surface area contributed by atoms with Crippen LogP contribution in [0.25, 0.3) is 0 Å². The van der Waals surface area contributed by atoms with Crippen molar-refractivity contribution in [3.05, 3.63) is 35.4 Å². The summed E-state index contributed by atoms with van der Waals surface area (Å²) in [4.78, 5) is 6.30. The lowest BCUT2D eigenvalue weighted by Gasteiger charge is -2.24. The van der Waals surface area contributed by atoms with Crippen molar-refractivity contribution in [1.82, 2.24) is 15.5 Å². The van der Waals surface area contributed by atoms with Crippen molar-refractivity contribution in [1.29, 1.82) is 0 Å². The minimum Gasteiger partial charge on any atom is -0.379 e. The van der Waals surface area contributed by atoms with Gasteiger partial charge in [-0.05, 0) is 46.0 Å². The Morgan fingerprint density at radius 2 is 2.07 bits per heavy atom. The molecule has 158 valence electrons. The third-order valence-corrected chi connectivity index (χ3v) is 4.58. The van der Waals surface area contributed by atoms with Crippen LogP contribution in [0.15, 0.2) is 23.2 Å². The van der Waals surface area contributed by atoms with E-state index in [-0.39, 0.29) is 18.2 Å². The number of halogens is 2. The van der Waals surface area contributed by atoms with Crippen molar-refractivity contribution in [2.45, 2.75) is 31.9 Å². The molecule has 1 aliphatic heterocycles. The van der Waals surface area contributed by atoms with Crippen molar-refractivity contribution in [2.75, 3.05) is 53.6 Å². The van der Waals surface area contributed by atoms with Gasteiger partial charge in [0, 0.05) is 31.9 Å². The number of hydrogen-bond donors (Lipinski definition) is 2. The Morgan fingerprint density at radius 3 is 2.68 bits per heavy atom. The Bertz CT molecular complexity index is 602. The van der Waals surface area contributed by atoms with E-state index in [1.54, 1.807) is 19.0 Å². The van der Waals surface area contributed by atoms with Crippen LogP contribution in [0.4, 0.5) is 8.78 Å². The highest BCUT2D eigenvalue weighted by Crippen LogP contribution is 2.24. The maximum absolute atomic E-state index is 14.2. The van der Waals surface area contributed by atoms with E-state index < -0.39 is 17.7 Å². The van der Waals surface area contributed by atoms with E-state index in [0.29, 0.717) is 32.3 Å². The number of nitrogens with one attached hydrogen (secondary N) is 2. The van der Waals surface area contributed by atoms with E-state index in [0.717, 1.165) is 19.4 Å². The fourth-order valence-corrected chi connectivity index (χ4v) is 3.03. The molecule has 0 saturated carbocycles. The third kappa shape index (κ3) is 7.00. The topological polar surface area (TPSA) is 58.1 Å². The molecule has 0 spiro atoms. The summed E-state index contributed by atoms with van der Waals surface area (Å²) in [5.74, 6) is -0.491. The highest BCUT2D eigenvalue weighted by Gasteiger charge is 2.22. The maximum Gasteiger partial charge on any atom is 0.191 e. The number of ether oxygens (including phenoxy) is 2. The zero-order valence-electron chi connectivity index (χ0n) is 17.0. The van der Waals surface area contributed by atoms with E-state index in [1.165, 1.54) is 18.2 Å². The number of aliphatic imine (C=N–C) groups is 1. The second-order valence-corrected chi connectivity index (χ2v) is 6.97. The van der Waals surface area contributed by atoms with Gasteiger partial charge in [0.05, 0.1) is 25.3 Å². The van der Waals surface area contributed by atoms with Gasteiger partial charge in [0.2, 0.25) is 0 Å². The van der Waals surface area contributed by atoms with Gasteiger partial charge in [-0.2, -0.15) is 0 Å². The molecule has 1 fully saturated rings. The molecular formula is C20H32F2N4O2. The summed E-state index contributed by atoms with van der Waals surface area (Å²) in [7, 11) is 3.58. The van der Waals surface area contributed by atoms with Crippen LogP contribution in [-0.2, 0) is 9.47 Å². The van der Waals surface area contributed by atoms with Gasteiger partial charge in [0.25, 0.3) is 0 Å². The maximum atomic E-state index is 14.2. The van der Waals surface area contributed by atoms with Crippen molar-refractivity contribution in [3.8, 4) is 0 Å². The van der Waals surface area contributed by atoms with Crippen molar-refractivity contribution in [2.24, 2.45) is 4.99 Å². The average molecular weight is 398 g/mol. The molecule has 0 amide bonds. The molecule has 1 heterocycles. The third-order valence-electron chi connectivity index (χ3n) is 4.58. The van der Waals surface area contributed by atoms with E-state index in [9.17, 15) is 8.78 Å². The Hall–Kier alpha value is -1.77. The zero-order chi connectivity index (χ0) is 20.4. The van der Waals surface area contributed by atoms with Gasteiger partial charge in [0.15, 0.2) is 5.96 Å². The molecule has 0 aromatic heterocycles. The Labute approximate surface area is 166 Å². The van der Waals surface area contributed by atoms with Gasteiger partial charge in [-0.3, -0.25) is 4.99 Å². The highest BCUT2D eigenvalue weighted by molar-refractivity contribution is 5.79. The number of rotatable bonds is 10. The first-order chi connectivity index (χ1) is 13.5. The quantitative estimate of drug-likeness (QED) is 0.360. The molecule has 28 heavy (non-hydrogen) atoms. The summed E-state index contributed by atoms with van der Waals surface area (Å²) in [5, 5.41) is 6.40. The predicted octanol–water partition coefficient (Wildman–Crippen LogP) is 2.32. The minimum atomic E-state index is -0.556. The van der Waals surface area contributed by atoms with Crippen molar-refractivity contribution >= 4 is 5.96 Å². The number of hydrogen-bond acceptors (Lipinski definition) is 4. The molecule has 2 N–H and O–H groups in total. The van der Waals surface area contributed by atoms with Crippen LogP contribution < -0.4 is 10.6 Å². The van der Waals surface area contributed by atoms with Crippen LogP contribution in [-0.4, -0.2) is 70.5 Å². The molecule has 6 nitrogen and oxygen atoms in total. The van der Waals surface area contributed by atoms with Crippen LogP contribution in [0.1, 0.15) is 31.4 Å². The highest BCUT2D eigenvalue weighted by atomic mass is 19.1. The summed E-state index contributed by atoms with van der Waals surface area (Å²) in [6, 6.07) is 3.42. The standard InChI is InChI=1S/C20H32F2N4O2/c1-4-23-20(24-10-6-11-28-15-9-12-27-14-15)25-13-18(26(2)3)19-16(21)7-5-8-17(19)22/h5,7-8,15,18H,4,6,9-14H2,1-3H3,(H2,23,24,25). The molecule has 8 heteroatoms. The van der Waals surface area contributed by atoms with Gasteiger partial charge in [0.1, 0.15) is 11.6 Å². The lowest BCUT2D eigenvalue weighted by molar-refractivity contribution is 0.0420. The van der Waals surface area contributed by atoms with Crippen LogP contribution in [0, 0.1) is 11.6 Å². The molecule has 1 aromatic carbocycles. The predicted molar refractivity (Wildman–Crippen MR) is 107 cm³/mol. The lowest BCUT2D eigenvalue weighted by Crippen LogP contribution is -2.39. The van der Waals surface area contributed by atoms with Crippen LogP contribution >= 0.6 is 0 Å². The first-order valence-electron chi connectivity index (χ1n) is 9.84. The Balaban J connectivity index is 1.89. The summed E-state index contributed by atoms with van der Waals surface area (Å²) in [5.41, 5.74) is 0.0410. The van der Waals surface area contributed by atoms with Gasteiger partial charge >= 0.3 is 0 Å². The number of guanidine groups is 1. The average Bonchev–Trinajstić information content (AvgIpc) is 3.16. The van der Waals surface area contributed by atoms with E-state index in [1.807, 2.05) is 6.92 Å². The lowest BCUT2D eigenvalue weighted by atomic mass is 10.0. The van der Waals surface area contributed by atoms with Gasteiger partial charge in [-0.15, -0.1) is 0 Å². The smallest absolute Gasteiger partial charge is 0.191 e. The molecule has 1 aliphatic rings. The molecule has 2 unspecified atom stereocenters. The van der Waals surface area contributed by atoms with E-state index in [2.05, 4.69) is 15.6 Å².